The SMILES string of the molecule is Cc1cc(Cc2cccnc2)cc2c1C(=O)N(Cc1ccc(OC(F)(F)F)cc1)C2. The largest absolute Gasteiger partial charge is 0.573 e. The molecule has 0 saturated carbocycles. The summed E-state index contributed by atoms with van der Waals surface area (Å²) in [5.41, 5.74) is 5.55. The maximum Gasteiger partial charge on any atom is 0.573 e. The Kier molecular flexibility index (Phi) is 5.20. The van der Waals surface area contributed by atoms with E-state index in [2.05, 4.69) is 9.72 Å². The van der Waals surface area contributed by atoms with Gasteiger partial charge in [0.15, 0.2) is 0 Å². The fraction of sp³-hybridized carbons (Fsp3) is 0.217. The standard InChI is InChI=1S/C23H19F3N2O2/c1-15-9-18(10-17-3-2-8-27-12-17)11-19-14-28(22(29)21(15)19)13-16-4-6-20(7-5-16)30-23(24,25)26/h2-9,11-12H,10,13-14H2,1H3. The number of benzene rings is 2. The van der Waals surface area contributed by atoms with Gasteiger partial charge in [-0.05, 0) is 59.4 Å². The van der Waals surface area contributed by atoms with Gasteiger partial charge in [-0.1, -0.05) is 30.3 Å². The fourth-order valence-corrected chi connectivity index (χ4v) is 3.79. The molecule has 0 N–H and O–H groups in total. The van der Waals surface area contributed by atoms with Crippen LogP contribution in [0.15, 0.2) is 60.9 Å². The van der Waals surface area contributed by atoms with Crippen LogP contribution in [-0.4, -0.2) is 22.2 Å². The van der Waals surface area contributed by atoms with E-state index in [1.807, 2.05) is 37.4 Å². The van der Waals surface area contributed by atoms with Crippen LogP contribution in [0.5, 0.6) is 5.75 Å². The number of halogens is 3. The van der Waals surface area contributed by atoms with Crippen LogP contribution in [0.1, 0.15) is 38.2 Å². The molecule has 0 aliphatic carbocycles. The van der Waals surface area contributed by atoms with E-state index in [0.717, 1.165) is 34.2 Å². The molecule has 2 aromatic carbocycles. The van der Waals surface area contributed by atoms with Crippen molar-refractivity contribution < 1.29 is 22.7 Å². The van der Waals surface area contributed by atoms with Gasteiger partial charge in [-0.2, -0.15) is 0 Å². The fourth-order valence-electron chi connectivity index (χ4n) is 3.79. The maximum absolute atomic E-state index is 12.9. The Morgan fingerprint density at radius 3 is 2.50 bits per heavy atom. The number of carbonyl (C=O) groups is 1. The van der Waals surface area contributed by atoms with Gasteiger partial charge < -0.3 is 9.64 Å². The van der Waals surface area contributed by atoms with Crippen LogP contribution < -0.4 is 4.74 Å². The predicted molar refractivity (Wildman–Crippen MR) is 105 cm³/mol. The highest BCUT2D eigenvalue weighted by Crippen LogP contribution is 2.30. The average Bonchev–Trinajstić information content (AvgIpc) is 2.99. The van der Waals surface area contributed by atoms with E-state index in [1.165, 1.54) is 24.3 Å². The molecule has 0 spiro atoms. The number of hydrogen-bond acceptors (Lipinski definition) is 3. The van der Waals surface area contributed by atoms with E-state index in [0.29, 0.717) is 18.7 Å². The molecule has 1 aromatic heterocycles. The summed E-state index contributed by atoms with van der Waals surface area (Å²) < 4.78 is 40.8. The zero-order chi connectivity index (χ0) is 21.3. The van der Waals surface area contributed by atoms with Gasteiger partial charge in [0.1, 0.15) is 5.75 Å². The smallest absolute Gasteiger partial charge is 0.406 e. The first-order chi connectivity index (χ1) is 14.3. The monoisotopic (exact) mass is 412 g/mol. The minimum absolute atomic E-state index is 0.0638. The van der Waals surface area contributed by atoms with Crippen molar-refractivity contribution in [2.45, 2.75) is 32.8 Å². The lowest BCUT2D eigenvalue weighted by atomic mass is 9.97. The van der Waals surface area contributed by atoms with Gasteiger partial charge in [-0.3, -0.25) is 9.78 Å². The van der Waals surface area contributed by atoms with Crippen LogP contribution in [0.25, 0.3) is 0 Å². The molecule has 7 heteroatoms. The predicted octanol–water partition coefficient (Wildman–Crippen LogP) is 5.04. The number of rotatable bonds is 5. The first-order valence-electron chi connectivity index (χ1n) is 9.44. The summed E-state index contributed by atoms with van der Waals surface area (Å²) in [5, 5.41) is 0. The summed E-state index contributed by atoms with van der Waals surface area (Å²) in [6.07, 6.45) is -0.433. The number of pyridine rings is 1. The van der Waals surface area contributed by atoms with Crippen LogP contribution in [0.2, 0.25) is 0 Å². The number of ether oxygens (including phenoxy) is 1. The van der Waals surface area contributed by atoms with Crippen LogP contribution in [-0.2, 0) is 19.5 Å². The lowest BCUT2D eigenvalue weighted by molar-refractivity contribution is -0.274. The maximum atomic E-state index is 12.9. The Morgan fingerprint density at radius 2 is 1.83 bits per heavy atom. The Bertz CT molecular complexity index is 1060. The third kappa shape index (κ3) is 4.45. The molecule has 0 saturated heterocycles. The van der Waals surface area contributed by atoms with Gasteiger partial charge in [0.25, 0.3) is 5.91 Å². The topological polar surface area (TPSA) is 42.4 Å². The molecular weight excluding hydrogens is 393 g/mol. The first-order valence-corrected chi connectivity index (χ1v) is 9.44. The van der Waals surface area contributed by atoms with E-state index in [4.69, 9.17) is 0 Å². The van der Waals surface area contributed by atoms with Crippen molar-refractivity contribution in [2.24, 2.45) is 0 Å². The molecule has 2 heterocycles. The summed E-state index contributed by atoms with van der Waals surface area (Å²) in [4.78, 5) is 18.7. The second-order valence-electron chi connectivity index (χ2n) is 7.34. The number of aryl methyl sites for hydroxylation is 1. The first kappa shape index (κ1) is 19.9. The van der Waals surface area contributed by atoms with E-state index in [1.54, 1.807) is 11.1 Å². The van der Waals surface area contributed by atoms with Crippen molar-refractivity contribution in [2.75, 3.05) is 0 Å². The molecule has 1 aliphatic rings. The number of hydrogen-bond donors (Lipinski definition) is 0. The number of aromatic nitrogens is 1. The molecule has 0 unspecified atom stereocenters. The molecule has 0 fully saturated rings. The summed E-state index contributed by atoms with van der Waals surface area (Å²) in [6.45, 7) is 2.71. The van der Waals surface area contributed by atoms with Crippen LogP contribution >= 0.6 is 0 Å². The van der Waals surface area contributed by atoms with Gasteiger partial charge in [0.05, 0.1) is 0 Å². The van der Waals surface area contributed by atoms with E-state index < -0.39 is 6.36 Å². The van der Waals surface area contributed by atoms with E-state index in [-0.39, 0.29) is 11.7 Å². The second-order valence-corrected chi connectivity index (χ2v) is 7.34. The molecular formula is C23H19F3N2O2. The van der Waals surface area contributed by atoms with Crippen molar-refractivity contribution in [3.63, 3.8) is 0 Å². The van der Waals surface area contributed by atoms with Crippen LogP contribution in [0.4, 0.5) is 13.2 Å². The zero-order valence-electron chi connectivity index (χ0n) is 16.2. The third-order valence-electron chi connectivity index (χ3n) is 5.00. The Labute approximate surface area is 171 Å². The van der Waals surface area contributed by atoms with Crippen LogP contribution in [0, 0.1) is 6.92 Å². The lowest BCUT2D eigenvalue weighted by Gasteiger charge is -2.16. The van der Waals surface area contributed by atoms with Gasteiger partial charge in [0.2, 0.25) is 0 Å². The molecule has 0 bridgehead atoms. The highest BCUT2D eigenvalue weighted by molar-refractivity contribution is 5.99. The highest BCUT2D eigenvalue weighted by Gasteiger charge is 2.31. The summed E-state index contributed by atoms with van der Waals surface area (Å²) >= 11 is 0. The number of carbonyl (C=O) groups excluding carboxylic acids is 1. The van der Waals surface area contributed by atoms with Crippen LogP contribution in [0.3, 0.4) is 0 Å². The molecule has 0 radical (unpaired) electrons. The van der Waals surface area contributed by atoms with Gasteiger partial charge >= 0.3 is 6.36 Å². The Balaban J connectivity index is 1.48. The number of nitrogens with zero attached hydrogens (tertiary/aromatic N) is 2. The van der Waals surface area contributed by atoms with E-state index >= 15 is 0 Å². The van der Waals surface area contributed by atoms with Gasteiger partial charge in [-0.25, -0.2) is 0 Å². The minimum Gasteiger partial charge on any atom is -0.406 e. The van der Waals surface area contributed by atoms with Gasteiger partial charge in [-0.15, -0.1) is 13.2 Å². The molecule has 154 valence electrons. The van der Waals surface area contributed by atoms with Gasteiger partial charge in [0, 0.05) is 31.0 Å². The number of fused-ring (bicyclic) bond motifs is 1. The summed E-state index contributed by atoms with van der Waals surface area (Å²) in [6, 6.07) is 13.6. The third-order valence-corrected chi connectivity index (χ3v) is 5.00. The van der Waals surface area contributed by atoms with Crippen molar-refractivity contribution in [3.8, 4) is 5.75 Å². The normalized spacial score (nSPS) is 13.5. The molecule has 1 aliphatic heterocycles. The minimum atomic E-state index is -4.72. The zero-order valence-corrected chi connectivity index (χ0v) is 16.2. The molecule has 0 atom stereocenters. The number of alkyl halides is 3. The number of amides is 1. The molecule has 30 heavy (non-hydrogen) atoms. The van der Waals surface area contributed by atoms with Crippen molar-refractivity contribution in [3.05, 3.63) is 94.3 Å². The molecule has 4 rings (SSSR count). The van der Waals surface area contributed by atoms with Crippen molar-refractivity contribution >= 4 is 5.91 Å². The Hall–Kier alpha value is -3.35. The molecule has 3 aromatic rings. The quantitative estimate of drug-likeness (QED) is 0.590. The van der Waals surface area contributed by atoms with Crippen molar-refractivity contribution in [1.82, 2.24) is 9.88 Å². The second kappa shape index (κ2) is 7.82. The molecule has 4 nitrogen and oxygen atoms in total. The summed E-state index contributed by atoms with van der Waals surface area (Å²) in [5.74, 6) is -0.343. The van der Waals surface area contributed by atoms with Crippen molar-refractivity contribution in [1.29, 1.82) is 0 Å². The van der Waals surface area contributed by atoms with E-state index in [9.17, 15) is 18.0 Å². The molecule has 1 amide bonds. The Morgan fingerprint density at radius 1 is 1.07 bits per heavy atom. The average molecular weight is 412 g/mol. The highest BCUT2D eigenvalue weighted by atomic mass is 19.4. The summed E-state index contributed by atoms with van der Waals surface area (Å²) in [7, 11) is 0. The lowest BCUT2D eigenvalue weighted by Crippen LogP contribution is -2.23.